The molecular formula is C14H16N4O2. The second-order valence-corrected chi connectivity index (χ2v) is 4.69. The highest BCUT2D eigenvalue weighted by Gasteiger charge is 2.23. The number of aromatic amines is 1. The predicted molar refractivity (Wildman–Crippen MR) is 75.8 cm³/mol. The molecule has 1 aromatic carbocycles. The Morgan fingerprint density at radius 1 is 1.45 bits per heavy atom. The summed E-state index contributed by atoms with van der Waals surface area (Å²) < 4.78 is 4.95. The third-order valence-corrected chi connectivity index (χ3v) is 3.29. The van der Waals surface area contributed by atoms with Crippen molar-refractivity contribution in [3.05, 3.63) is 42.2 Å². The molecule has 2 aromatic rings. The number of cyclic esters (lactones) is 1. The van der Waals surface area contributed by atoms with Gasteiger partial charge in [0.1, 0.15) is 6.61 Å². The van der Waals surface area contributed by atoms with E-state index in [0.717, 1.165) is 17.1 Å². The average Bonchev–Trinajstić information content (AvgIpc) is 3.10. The van der Waals surface area contributed by atoms with Crippen molar-refractivity contribution in [1.29, 1.82) is 0 Å². The monoisotopic (exact) mass is 272 g/mol. The zero-order chi connectivity index (χ0) is 13.9. The zero-order valence-corrected chi connectivity index (χ0v) is 11.2. The first-order chi connectivity index (χ1) is 9.74. The van der Waals surface area contributed by atoms with Crippen LogP contribution in [-0.4, -0.2) is 29.4 Å². The van der Waals surface area contributed by atoms with E-state index in [4.69, 9.17) is 4.74 Å². The molecule has 1 atom stereocenters. The van der Waals surface area contributed by atoms with Crippen molar-refractivity contribution in [1.82, 2.24) is 10.2 Å². The highest BCUT2D eigenvalue weighted by atomic mass is 16.6. The van der Waals surface area contributed by atoms with E-state index in [1.165, 1.54) is 0 Å². The second-order valence-electron chi connectivity index (χ2n) is 4.69. The Balaban J connectivity index is 1.76. The fourth-order valence-electron chi connectivity index (χ4n) is 2.23. The number of amides is 1. The molecule has 0 spiro atoms. The number of nitrogens with one attached hydrogen (secondary N) is 2. The minimum Gasteiger partial charge on any atom is -0.447 e. The summed E-state index contributed by atoms with van der Waals surface area (Å²) in [5.74, 6) is 0. The Labute approximate surface area is 116 Å². The lowest BCUT2D eigenvalue weighted by atomic mass is 10.2. The van der Waals surface area contributed by atoms with Gasteiger partial charge in [0, 0.05) is 17.6 Å². The topological polar surface area (TPSA) is 70.2 Å². The maximum Gasteiger partial charge on any atom is 0.414 e. The molecule has 0 saturated carbocycles. The molecule has 1 unspecified atom stereocenters. The molecule has 104 valence electrons. The van der Waals surface area contributed by atoms with Crippen LogP contribution in [-0.2, 0) is 4.74 Å². The normalized spacial score (nSPS) is 16.1. The Hall–Kier alpha value is -2.50. The van der Waals surface area contributed by atoms with Crippen molar-refractivity contribution in [3.8, 4) is 0 Å². The number of benzene rings is 1. The molecule has 6 nitrogen and oxygen atoms in total. The third kappa shape index (κ3) is 2.45. The highest BCUT2D eigenvalue weighted by molar-refractivity contribution is 5.89. The van der Waals surface area contributed by atoms with Crippen LogP contribution in [0.4, 0.5) is 16.2 Å². The van der Waals surface area contributed by atoms with Gasteiger partial charge in [-0.15, -0.1) is 0 Å². The Morgan fingerprint density at radius 3 is 3.05 bits per heavy atom. The van der Waals surface area contributed by atoms with Crippen molar-refractivity contribution < 1.29 is 9.53 Å². The summed E-state index contributed by atoms with van der Waals surface area (Å²) in [6.45, 7) is 3.09. The lowest BCUT2D eigenvalue weighted by Crippen LogP contribution is -2.23. The highest BCUT2D eigenvalue weighted by Crippen LogP contribution is 2.24. The number of H-pyrrole nitrogens is 1. The lowest BCUT2D eigenvalue weighted by Gasteiger charge is -2.17. The number of rotatable bonds is 4. The molecule has 2 heterocycles. The van der Waals surface area contributed by atoms with E-state index in [0.29, 0.717) is 13.2 Å². The molecule has 1 saturated heterocycles. The number of carbonyl (C=O) groups is 1. The van der Waals surface area contributed by atoms with E-state index in [-0.39, 0.29) is 12.1 Å². The van der Waals surface area contributed by atoms with Gasteiger partial charge in [0.05, 0.1) is 18.3 Å². The number of hydrogen-bond acceptors (Lipinski definition) is 4. The van der Waals surface area contributed by atoms with Crippen LogP contribution in [0.2, 0.25) is 0 Å². The Bertz CT molecular complexity index is 597. The van der Waals surface area contributed by atoms with Gasteiger partial charge in [0.15, 0.2) is 0 Å². The van der Waals surface area contributed by atoms with Gasteiger partial charge in [-0.25, -0.2) is 4.79 Å². The molecular weight excluding hydrogens is 256 g/mol. The summed E-state index contributed by atoms with van der Waals surface area (Å²) in [5.41, 5.74) is 2.80. The summed E-state index contributed by atoms with van der Waals surface area (Å²) in [6.07, 6.45) is 1.44. The van der Waals surface area contributed by atoms with E-state index in [2.05, 4.69) is 15.5 Å². The third-order valence-electron chi connectivity index (χ3n) is 3.29. The largest absolute Gasteiger partial charge is 0.447 e. The summed E-state index contributed by atoms with van der Waals surface area (Å²) >= 11 is 0. The molecule has 6 heteroatoms. The summed E-state index contributed by atoms with van der Waals surface area (Å²) in [6, 6.07) is 9.77. The standard InChI is InChI=1S/C14H16N4O2/c1-10(13-5-6-15-17-13)16-11-3-2-4-12(9-11)18-7-8-20-14(18)19/h2-6,9-10,16H,7-8H2,1H3,(H,15,17). The number of ether oxygens (including phenoxy) is 1. The lowest BCUT2D eigenvalue weighted by molar-refractivity contribution is 0.181. The zero-order valence-electron chi connectivity index (χ0n) is 11.2. The SMILES string of the molecule is CC(Nc1cccc(N2CCOC2=O)c1)c1ccn[nH]1. The van der Waals surface area contributed by atoms with Crippen molar-refractivity contribution >= 4 is 17.5 Å². The van der Waals surface area contributed by atoms with Gasteiger partial charge in [-0.2, -0.15) is 5.10 Å². The van der Waals surface area contributed by atoms with Gasteiger partial charge >= 0.3 is 6.09 Å². The number of hydrogen-bond donors (Lipinski definition) is 2. The average molecular weight is 272 g/mol. The maximum atomic E-state index is 11.6. The molecule has 1 aromatic heterocycles. The number of carbonyl (C=O) groups excluding carboxylic acids is 1. The fourth-order valence-corrected chi connectivity index (χ4v) is 2.23. The van der Waals surface area contributed by atoms with E-state index in [9.17, 15) is 4.79 Å². The van der Waals surface area contributed by atoms with Crippen molar-refractivity contribution in [2.75, 3.05) is 23.4 Å². The number of aromatic nitrogens is 2. The fraction of sp³-hybridized carbons (Fsp3) is 0.286. The Kier molecular flexibility index (Phi) is 3.28. The van der Waals surface area contributed by atoms with E-state index in [1.54, 1.807) is 11.1 Å². The van der Waals surface area contributed by atoms with Crippen LogP contribution in [0.15, 0.2) is 36.5 Å². The molecule has 1 amide bonds. The van der Waals surface area contributed by atoms with Gasteiger partial charge in [0.25, 0.3) is 0 Å². The molecule has 0 bridgehead atoms. The minimum absolute atomic E-state index is 0.110. The van der Waals surface area contributed by atoms with Gasteiger partial charge in [0.2, 0.25) is 0 Å². The first-order valence-electron chi connectivity index (χ1n) is 6.54. The maximum absolute atomic E-state index is 11.6. The smallest absolute Gasteiger partial charge is 0.414 e. The quantitative estimate of drug-likeness (QED) is 0.897. The van der Waals surface area contributed by atoms with E-state index in [1.807, 2.05) is 37.3 Å². The summed E-state index contributed by atoms with van der Waals surface area (Å²) in [5, 5.41) is 10.3. The molecule has 1 aliphatic rings. The Morgan fingerprint density at radius 2 is 2.35 bits per heavy atom. The summed E-state index contributed by atoms with van der Waals surface area (Å²) in [7, 11) is 0. The summed E-state index contributed by atoms with van der Waals surface area (Å²) in [4.78, 5) is 13.2. The van der Waals surface area contributed by atoms with Crippen LogP contribution in [0.1, 0.15) is 18.7 Å². The van der Waals surface area contributed by atoms with Gasteiger partial charge in [-0.3, -0.25) is 10.00 Å². The second kappa shape index (κ2) is 5.24. The molecule has 0 aliphatic carbocycles. The van der Waals surface area contributed by atoms with Crippen LogP contribution < -0.4 is 10.2 Å². The van der Waals surface area contributed by atoms with Crippen LogP contribution in [0.3, 0.4) is 0 Å². The van der Waals surface area contributed by atoms with Crippen molar-refractivity contribution in [3.63, 3.8) is 0 Å². The van der Waals surface area contributed by atoms with Gasteiger partial charge < -0.3 is 10.1 Å². The number of nitrogens with zero attached hydrogens (tertiary/aromatic N) is 2. The molecule has 3 rings (SSSR count). The van der Waals surface area contributed by atoms with E-state index < -0.39 is 0 Å². The van der Waals surface area contributed by atoms with Gasteiger partial charge in [-0.05, 0) is 31.2 Å². The molecule has 0 radical (unpaired) electrons. The molecule has 1 fully saturated rings. The molecule has 20 heavy (non-hydrogen) atoms. The number of anilines is 2. The van der Waals surface area contributed by atoms with Crippen LogP contribution in [0.25, 0.3) is 0 Å². The van der Waals surface area contributed by atoms with Crippen LogP contribution >= 0.6 is 0 Å². The van der Waals surface area contributed by atoms with Crippen LogP contribution in [0.5, 0.6) is 0 Å². The van der Waals surface area contributed by atoms with Crippen molar-refractivity contribution in [2.45, 2.75) is 13.0 Å². The van der Waals surface area contributed by atoms with E-state index >= 15 is 0 Å². The predicted octanol–water partition coefficient (Wildman–Crippen LogP) is 2.54. The first kappa shape index (κ1) is 12.5. The van der Waals surface area contributed by atoms with Crippen LogP contribution in [0, 0.1) is 0 Å². The molecule has 1 aliphatic heterocycles. The van der Waals surface area contributed by atoms with Gasteiger partial charge in [-0.1, -0.05) is 6.07 Å². The van der Waals surface area contributed by atoms with Crippen molar-refractivity contribution in [2.24, 2.45) is 0 Å². The minimum atomic E-state index is -0.288. The first-order valence-corrected chi connectivity index (χ1v) is 6.54. The molecule has 2 N–H and O–H groups in total.